The fourth-order valence-corrected chi connectivity index (χ4v) is 3.98. The van der Waals surface area contributed by atoms with Crippen molar-refractivity contribution in [2.24, 2.45) is 5.41 Å². The van der Waals surface area contributed by atoms with Crippen LogP contribution < -0.4 is 0 Å². The zero-order valence-electron chi connectivity index (χ0n) is 13.7. The molecule has 4 nitrogen and oxygen atoms in total. The number of halogens is 3. The summed E-state index contributed by atoms with van der Waals surface area (Å²) in [7, 11) is 0. The fraction of sp³-hybridized carbons (Fsp3) is 0.706. The number of aliphatic hydroxyl groups excluding tert-OH is 1. The van der Waals surface area contributed by atoms with Gasteiger partial charge in [0.25, 0.3) is 0 Å². The van der Waals surface area contributed by atoms with Gasteiger partial charge in [0.05, 0.1) is 23.5 Å². The molecule has 1 N–H and O–H groups in total. The molecular weight excluding hydrogens is 321 g/mol. The molecule has 1 aliphatic carbocycles. The van der Waals surface area contributed by atoms with E-state index in [2.05, 4.69) is 4.98 Å². The number of rotatable bonds is 4. The van der Waals surface area contributed by atoms with Crippen molar-refractivity contribution in [1.82, 2.24) is 9.88 Å². The lowest BCUT2D eigenvalue weighted by Gasteiger charge is -2.56. The lowest BCUT2D eigenvalue weighted by atomic mass is 9.58. The molecule has 1 aromatic heterocycles. The van der Waals surface area contributed by atoms with Crippen LogP contribution in [-0.4, -0.2) is 46.9 Å². The molecule has 0 radical (unpaired) electrons. The molecule has 24 heavy (non-hydrogen) atoms. The van der Waals surface area contributed by atoms with E-state index in [0.29, 0.717) is 26.1 Å². The van der Waals surface area contributed by atoms with Crippen molar-refractivity contribution in [3.63, 3.8) is 0 Å². The van der Waals surface area contributed by atoms with Crippen LogP contribution in [0.1, 0.15) is 37.4 Å². The Kier molecular flexibility index (Phi) is 4.86. The Balaban J connectivity index is 1.64. The standard InChI is InChI=1S/C17H23F3N2O2/c1-2-24-15-10-14(23)16(15)5-8-22(9-6-16)11-13-12(17(18,19)20)4-3-7-21-13/h3-4,7,14-15,23H,2,5-6,8-11H2,1H3. The van der Waals surface area contributed by atoms with Gasteiger partial charge in [0.2, 0.25) is 0 Å². The van der Waals surface area contributed by atoms with Crippen LogP contribution in [0.4, 0.5) is 13.2 Å². The molecule has 2 unspecified atom stereocenters. The van der Waals surface area contributed by atoms with E-state index < -0.39 is 11.7 Å². The first-order valence-corrected chi connectivity index (χ1v) is 8.40. The number of alkyl halides is 3. The Morgan fingerprint density at radius 1 is 1.38 bits per heavy atom. The van der Waals surface area contributed by atoms with Gasteiger partial charge in [-0.15, -0.1) is 0 Å². The Hall–Kier alpha value is -1.18. The van der Waals surface area contributed by atoms with Gasteiger partial charge in [-0.25, -0.2) is 0 Å². The smallest absolute Gasteiger partial charge is 0.392 e. The molecule has 1 aromatic rings. The molecule has 7 heteroatoms. The minimum atomic E-state index is -4.38. The third-order valence-corrected chi connectivity index (χ3v) is 5.47. The van der Waals surface area contributed by atoms with Crippen LogP contribution in [0.15, 0.2) is 18.3 Å². The summed E-state index contributed by atoms with van der Waals surface area (Å²) in [4.78, 5) is 5.92. The van der Waals surface area contributed by atoms with Gasteiger partial charge in [-0.1, -0.05) is 0 Å². The van der Waals surface area contributed by atoms with Gasteiger partial charge < -0.3 is 9.84 Å². The van der Waals surface area contributed by atoms with Crippen molar-refractivity contribution in [3.05, 3.63) is 29.6 Å². The highest BCUT2D eigenvalue weighted by molar-refractivity contribution is 5.23. The number of piperidine rings is 1. The van der Waals surface area contributed by atoms with Crippen molar-refractivity contribution < 1.29 is 23.0 Å². The topological polar surface area (TPSA) is 45.6 Å². The first kappa shape index (κ1) is 17.6. The van der Waals surface area contributed by atoms with Gasteiger partial charge in [-0.2, -0.15) is 13.2 Å². The van der Waals surface area contributed by atoms with E-state index in [1.54, 1.807) is 0 Å². The van der Waals surface area contributed by atoms with Crippen LogP contribution in [-0.2, 0) is 17.5 Å². The molecule has 1 saturated heterocycles. The minimum Gasteiger partial charge on any atom is -0.392 e. The van der Waals surface area contributed by atoms with E-state index in [-0.39, 0.29) is 29.9 Å². The maximum Gasteiger partial charge on any atom is 0.418 e. The monoisotopic (exact) mass is 344 g/mol. The Bertz CT molecular complexity index is 569. The first-order valence-electron chi connectivity index (χ1n) is 8.40. The van der Waals surface area contributed by atoms with E-state index in [1.165, 1.54) is 12.3 Å². The second kappa shape index (κ2) is 6.61. The van der Waals surface area contributed by atoms with Crippen LogP contribution in [0, 0.1) is 5.41 Å². The molecular formula is C17H23F3N2O2. The number of nitrogens with zero attached hydrogens (tertiary/aromatic N) is 2. The lowest BCUT2D eigenvalue weighted by molar-refractivity contribution is -0.210. The average Bonchev–Trinajstić information content (AvgIpc) is 2.55. The molecule has 1 saturated carbocycles. The zero-order chi connectivity index (χ0) is 17.4. The van der Waals surface area contributed by atoms with E-state index in [9.17, 15) is 18.3 Å². The number of aliphatic hydroxyl groups is 1. The van der Waals surface area contributed by atoms with Crippen LogP contribution >= 0.6 is 0 Å². The summed E-state index contributed by atoms with van der Waals surface area (Å²) in [5, 5.41) is 10.2. The minimum absolute atomic E-state index is 0.0662. The summed E-state index contributed by atoms with van der Waals surface area (Å²) >= 11 is 0. The number of hydrogen-bond acceptors (Lipinski definition) is 4. The number of hydrogen-bond donors (Lipinski definition) is 1. The van der Waals surface area contributed by atoms with Gasteiger partial charge in [0.1, 0.15) is 0 Å². The third-order valence-electron chi connectivity index (χ3n) is 5.47. The molecule has 2 atom stereocenters. The second-order valence-electron chi connectivity index (χ2n) is 6.70. The number of ether oxygens (including phenoxy) is 1. The molecule has 1 aliphatic heterocycles. The average molecular weight is 344 g/mol. The van der Waals surface area contributed by atoms with Crippen LogP contribution in [0.25, 0.3) is 0 Å². The lowest BCUT2D eigenvalue weighted by Crippen LogP contribution is -2.62. The third kappa shape index (κ3) is 3.17. The molecule has 2 fully saturated rings. The summed E-state index contributed by atoms with van der Waals surface area (Å²) in [6.07, 6.45) is -1.13. The molecule has 134 valence electrons. The van der Waals surface area contributed by atoms with Crippen LogP contribution in [0.5, 0.6) is 0 Å². The normalized spacial score (nSPS) is 27.2. The Morgan fingerprint density at radius 2 is 2.08 bits per heavy atom. The van der Waals surface area contributed by atoms with Crippen molar-refractivity contribution in [2.75, 3.05) is 19.7 Å². The summed E-state index contributed by atoms with van der Waals surface area (Å²) in [5.74, 6) is 0. The molecule has 2 aliphatic rings. The molecule has 1 spiro atoms. The van der Waals surface area contributed by atoms with Crippen molar-refractivity contribution in [1.29, 1.82) is 0 Å². The van der Waals surface area contributed by atoms with Crippen molar-refractivity contribution in [3.8, 4) is 0 Å². The zero-order valence-corrected chi connectivity index (χ0v) is 13.7. The van der Waals surface area contributed by atoms with Gasteiger partial charge in [-0.3, -0.25) is 9.88 Å². The highest BCUT2D eigenvalue weighted by Gasteiger charge is 2.56. The number of pyridine rings is 1. The molecule has 0 amide bonds. The fourth-order valence-electron chi connectivity index (χ4n) is 3.98. The second-order valence-corrected chi connectivity index (χ2v) is 6.70. The highest BCUT2D eigenvalue weighted by atomic mass is 19.4. The summed E-state index contributed by atoms with van der Waals surface area (Å²) in [6.45, 7) is 4.03. The van der Waals surface area contributed by atoms with Crippen molar-refractivity contribution >= 4 is 0 Å². The number of likely N-dealkylation sites (tertiary alicyclic amines) is 1. The van der Waals surface area contributed by atoms with Crippen LogP contribution in [0.3, 0.4) is 0 Å². The Labute approximate surface area is 139 Å². The summed E-state index contributed by atoms with van der Waals surface area (Å²) in [5.41, 5.74) is -0.818. The van der Waals surface area contributed by atoms with Crippen LogP contribution in [0.2, 0.25) is 0 Å². The van der Waals surface area contributed by atoms with E-state index in [0.717, 1.165) is 18.9 Å². The van der Waals surface area contributed by atoms with Gasteiger partial charge in [-0.05, 0) is 45.0 Å². The SMILES string of the molecule is CCOC1CC(O)C12CCN(Cc1ncccc1C(F)(F)F)CC2. The predicted molar refractivity (Wildman–Crippen MR) is 82.2 cm³/mol. The van der Waals surface area contributed by atoms with Gasteiger partial charge in [0, 0.05) is 31.2 Å². The maximum absolute atomic E-state index is 13.1. The van der Waals surface area contributed by atoms with Gasteiger partial charge in [0.15, 0.2) is 0 Å². The molecule has 2 heterocycles. The highest BCUT2D eigenvalue weighted by Crippen LogP contribution is 2.51. The van der Waals surface area contributed by atoms with Gasteiger partial charge >= 0.3 is 6.18 Å². The Morgan fingerprint density at radius 3 is 2.67 bits per heavy atom. The maximum atomic E-state index is 13.1. The first-order chi connectivity index (χ1) is 11.4. The molecule has 3 rings (SSSR count). The van der Waals surface area contributed by atoms with E-state index >= 15 is 0 Å². The molecule has 0 aromatic carbocycles. The summed E-state index contributed by atoms with van der Waals surface area (Å²) < 4.78 is 44.9. The summed E-state index contributed by atoms with van der Waals surface area (Å²) in [6, 6.07) is 2.39. The largest absolute Gasteiger partial charge is 0.418 e. The molecule has 0 bridgehead atoms. The van der Waals surface area contributed by atoms with E-state index in [4.69, 9.17) is 4.74 Å². The van der Waals surface area contributed by atoms with E-state index in [1.807, 2.05) is 11.8 Å². The number of aromatic nitrogens is 1. The van der Waals surface area contributed by atoms with Crippen molar-refractivity contribution in [2.45, 2.75) is 51.1 Å². The quantitative estimate of drug-likeness (QED) is 0.912. The predicted octanol–water partition coefficient (Wildman–Crippen LogP) is 2.85.